The predicted molar refractivity (Wildman–Crippen MR) is 261 cm³/mol. The van der Waals surface area contributed by atoms with Crippen LogP contribution < -0.4 is 0 Å². The zero-order chi connectivity index (χ0) is 44.7. The summed E-state index contributed by atoms with van der Waals surface area (Å²) in [7, 11) is 0. The van der Waals surface area contributed by atoms with Crippen molar-refractivity contribution in [3.05, 3.63) is 0 Å². The third-order valence-corrected chi connectivity index (χ3v) is 12.5. The van der Waals surface area contributed by atoms with Crippen LogP contribution in [0, 0.1) is 11.8 Å². The Morgan fingerprint density at radius 3 is 0.803 bits per heavy atom. The van der Waals surface area contributed by atoms with Crippen molar-refractivity contribution in [3.8, 4) is 0 Å². The molecule has 0 aromatic rings. The summed E-state index contributed by atoms with van der Waals surface area (Å²) in [6, 6.07) is 0. The predicted octanol–water partition coefficient (Wildman–Crippen LogP) is 17.7. The van der Waals surface area contributed by atoms with E-state index >= 15 is 0 Å². The quantitative estimate of drug-likeness (QED) is 0.0344. The standard InChI is InChI=1S/C55H106O6/c1-6-7-8-9-10-11-25-30-35-40-45-53(56)59-48-52(61-55(58)47-42-37-32-27-22-18-14-16-20-24-29-34-39-44-51(4)5)49-60-54(57)46-41-36-31-26-21-17-13-12-15-19-23-28-33-38-43-50(2)3/h50-52H,6-49H2,1-5H3/t52-/m1/s1. The highest BCUT2D eigenvalue weighted by Gasteiger charge is 2.19. The molecule has 0 rings (SSSR count). The summed E-state index contributed by atoms with van der Waals surface area (Å²) < 4.78 is 16.8. The molecule has 0 amide bonds. The molecule has 0 saturated carbocycles. The second-order valence-corrected chi connectivity index (χ2v) is 19.8. The molecule has 0 fully saturated rings. The van der Waals surface area contributed by atoms with Crippen molar-refractivity contribution in [2.75, 3.05) is 13.2 Å². The molecule has 0 heterocycles. The van der Waals surface area contributed by atoms with Gasteiger partial charge in [-0.25, -0.2) is 0 Å². The Kier molecular flexibility index (Phi) is 46.6. The number of ether oxygens (including phenoxy) is 3. The molecule has 0 N–H and O–H groups in total. The minimum atomic E-state index is -0.761. The number of hydrogen-bond acceptors (Lipinski definition) is 6. The summed E-state index contributed by atoms with van der Waals surface area (Å²) in [4.78, 5) is 38.0. The van der Waals surface area contributed by atoms with Gasteiger partial charge in [0.05, 0.1) is 0 Å². The maximum atomic E-state index is 12.8. The lowest BCUT2D eigenvalue weighted by molar-refractivity contribution is -0.167. The Morgan fingerprint density at radius 2 is 0.541 bits per heavy atom. The molecule has 0 aliphatic heterocycles. The van der Waals surface area contributed by atoms with Crippen LogP contribution in [-0.2, 0) is 28.6 Å². The van der Waals surface area contributed by atoms with Gasteiger partial charge in [-0.05, 0) is 31.1 Å². The molecule has 362 valence electrons. The van der Waals surface area contributed by atoms with Gasteiger partial charge in [-0.15, -0.1) is 0 Å². The molecule has 0 saturated heterocycles. The topological polar surface area (TPSA) is 78.9 Å². The van der Waals surface area contributed by atoms with Crippen LogP contribution in [0.2, 0.25) is 0 Å². The maximum absolute atomic E-state index is 12.8. The fourth-order valence-corrected chi connectivity index (χ4v) is 8.34. The molecule has 0 aliphatic carbocycles. The average Bonchev–Trinajstić information content (AvgIpc) is 3.23. The van der Waals surface area contributed by atoms with E-state index < -0.39 is 6.10 Å². The van der Waals surface area contributed by atoms with Gasteiger partial charge in [-0.3, -0.25) is 14.4 Å². The molecule has 0 radical (unpaired) electrons. The van der Waals surface area contributed by atoms with E-state index in [0.717, 1.165) is 69.6 Å². The largest absolute Gasteiger partial charge is 0.462 e. The number of rotatable bonds is 49. The van der Waals surface area contributed by atoms with Crippen molar-refractivity contribution in [1.29, 1.82) is 0 Å². The Morgan fingerprint density at radius 1 is 0.311 bits per heavy atom. The van der Waals surface area contributed by atoms with Gasteiger partial charge in [0.25, 0.3) is 0 Å². The van der Waals surface area contributed by atoms with E-state index in [2.05, 4.69) is 34.6 Å². The molecular weight excluding hydrogens is 757 g/mol. The zero-order valence-corrected chi connectivity index (χ0v) is 41.8. The lowest BCUT2D eigenvalue weighted by Crippen LogP contribution is -2.30. The van der Waals surface area contributed by atoms with Crippen LogP contribution in [0.1, 0.15) is 304 Å². The van der Waals surface area contributed by atoms with E-state index in [4.69, 9.17) is 14.2 Å². The van der Waals surface area contributed by atoms with Gasteiger partial charge in [0.15, 0.2) is 6.10 Å². The summed E-state index contributed by atoms with van der Waals surface area (Å²) in [5, 5.41) is 0. The normalized spacial score (nSPS) is 12.0. The third-order valence-electron chi connectivity index (χ3n) is 12.5. The van der Waals surface area contributed by atoms with Gasteiger partial charge >= 0.3 is 17.9 Å². The second kappa shape index (κ2) is 47.9. The smallest absolute Gasteiger partial charge is 0.306 e. The van der Waals surface area contributed by atoms with E-state index in [9.17, 15) is 14.4 Å². The fraction of sp³-hybridized carbons (Fsp3) is 0.945. The molecule has 0 aromatic heterocycles. The van der Waals surface area contributed by atoms with Crippen molar-refractivity contribution in [1.82, 2.24) is 0 Å². The van der Waals surface area contributed by atoms with E-state index in [1.54, 1.807) is 0 Å². The zero-order valence-electron chi connectivity index (χ0n) is 41.8. The molecule has 0 bridgehead atoms. The van der Waals surface area contributed by atoms with Gasteiger partial charge in [-0.1, -0.05) is 266 Å². The second-order valence-electron chi connectivity index (χ2n) is 19.8. The average molecular weight is 863 g/mol. The number of hydrogen-bond donors (Lipinski definition) is 0. The SMILES string of the molecule is CCCCCCCCCCCCC(=O)OC[C@H](COC(=O)CCCCCCCCCCCCCCCCC(C)C)OC(=O)CCCCCCCCCCCCCCCC(C)C. The minimum absolute atomic E-state index is 0.0631. The fourth-order valence-electron chi connectivity index (χ4n) is 8.34. The monoisotopic (exact) mass is 863 g/mol. The highest BCUT2D eigenvalue weighted by Crippen LogP contribution is 2.18. The van der Waals surface area contributed by atoms with Gasteiger partial charge in [0.2, 0.25) is 0 Å². The van der Waals surface area contributed by atoms with Crippen LogP contribution in [0.3, 0.4) is 0 Å². The van der Waals surface area contributed by atoms with Crippen LogP contribution in [0.25, 0.3) is 0 Å². The first-order valence-electron chi connectivity index (χ1n) is 27.2. The van der Waals surface area contributed by atoms with E-state index in [-0.39, 0.29) is 31.1 Å². The molecule has 0 unspecified atom stereocenters. The Labute approximate surface area is 380 Å². The van der Waals surface area contributed by atoms with E-state index in [1.807, 2.05) is 0 Å². The van der Waals surface area contributed by atoms with Crippen molar-refractivity contribution in [2.24, 2.45) is 11.8 Å². The molecule has 6 heteroatoms. The molecule has 1 atom stereocenters. The van der Waals surface area contributed by atoms with Crippen molar-refractivity contribution in [3.63, 3.8) is 0 Å². The van der Waals surface area contributed by atoms with Crippen LogP contribution in [0.15, 0.2) is 0 Å². The summed E-state index contributed by atoms with van der Waals surface area (Å²) >= 11 is 0. The van der Waals surface area contributed by atoms with Crippen LogP contribution in [0.4, 0.5) is 0 Å². The van der Waals surface area contributed by atoms with Crippen LogP contribution in [-0.4, -0.2) is 37.2 Å². The molecule has 0 aliphatic rings. The minimum Gasteiger partial charge on any atom is -0.462 e. The highest BCUT2D eigenvalue weighted by molar-refractivity contribution is 5.71. The van der Waals surface area contributed by atoms with Gasteiger partial charge < -0.3 is 14.2 Å². The van der Waals surface area contributed by atoms with Crippen LogP contribution in [0.5, 0.6) is 0 Å². The number of unbranched alkanes of at least 4 members (excludes halogenated alkanes) is 34. The number of carbonyl (C=O) groups excluding carboxylic acids is 3. The summed E-state index contributed by atoms with van der Waals surface area (Å²) in [5.41, 5.74) is 0. The maximum Gasteiger partial charge on any atom is 0.306 e. The molecule has 6 nitrogen and oxygen atoms in total. The summed E-state index contributed by atoms with van der Waals surface area (Å²) in [6.07, 6.45) is 49.5. The first-order valence-corrected chi connectivity index (χ1v) is 27.2. The number of carbonyl (C=O) groups is 3. The lowest BCUT2D eigenvalue weighted by Gasteiger charge is -2.18. The van der Waals surface area contributed by atoms with Crippen LogP contribution >= 0.6 is 0 Å². The third kappa shape index (κ3) is 49.3. The van der Waals surface area contributed by atoms with E-state index in [1.165, 1.54) is 193 Å². The van der Waals surface area contributed by atoms with Gasteiger partial charge in [-0.2, -0.15) is 0 Å². The molecule has 0 aromatic carbocycles. The lowest BCUT2D eigenvalue weighted by atomic mass is 10.0. The van der Waals surface area contributed by atoms with Gasteiger partial charge in [0.1, 0.15) is 13.2 Å². The van der Waals surface area contributed by atoms with Crippen molar-refractivity contribution >= 4 is 17.9 Å². The Bertz CT molecular complexity index is 931. The molecular formula is C55H106O6. The highest BCUT2D eigenvalue weighted by atomic mass is 16.6. The first-order chi connectivity index (χ1) is 29.7. The van der Waals surface area contributed by atoms with Crippen molar-refractivity contribution < 1.29 is 28.6 Å². The Hall–Kier alpha value is -1.59. The Balaban J connectivity index is 4.26. The van der Waals surface area contributed by atoms with Gasteiger partial charge in [0, 0.05) is 19.3 Å². The van der Waals surface area contributed by atoms with E-state index in [0.29, 0.717) is 19.3 Å². The first kappa shape index (κ1) is 59.4. The molecule has 61 heavy (non-hydrogen) atoms. The van der Waals surface area contributed by atoms with Crippen molar-refractivity contribution in [2.45, 2.75) is 310 Å². The number of esters is 3. The molecule has 0 spiro atoms. The summed E-state index contributed by atoms with van der Waals surface area (Å²) in [6.45, 7) is 11.4. The summed E-state index contributed by atoms with van der Waals surface area (Å²) in [5.74, 6) is 0.838.